The van der Waals surface area contributed by atoms with Gasteiger partial charge in [-0.2, -0.15) is 0 Å². The average Bonchev–Trinajstić information content (AvgIpc) is 2.80. The van der Waals surface area contributed by atoms with Crippen molar-refractivity contribution < 1.29 is 36.8 Å². The summed E-state index contributed by atoms with van der Waals surface area (Å²) in [6, 6.07) is 0.194. The minimum atomic E-state index is -3.75. The summed E-state index contributed by atoms with van der Waals surface area (Å²) in [6.07, 6.45) is 2.95. The Morgan fingerprint density at radius 2 is 1.36 bits per heavy atom. The maximum Gasteiger partial charge on any atom is 0.327 e. The molecule has 188 valence electrons. The quantitative estimate of drug-likeness (QED) is 0.427. The monoisotopic (exact) mass is 489 g/mol. The van der Waals surface area contributed by atoms with Crippen LogP contribution in [0.4, 0.5) is 0 Å². The Balaban J connectivity index is 1.50. The summed E-state index contributed by atoms with van der Waals surface area (Å²) in [5.74, 6) is -0.408. The number of carbonyl (C=O) groups excluding carboxylic acids is 2. The van der Waals surface area contributed by atoms with E-state index >= 15 is 0 Å². The van der Waals surface area contributed by atoms with Crippen LogP contribution in [0.3, 0.4) is 0 Å². The standard InChI is InChI=1S/C23H39N2O7P/c1-16-10-18-6-8-24(16)22(12-29-3,20(18)26)14-31-33(5,28)32-15-23(13-30-4)21(27)19-7-9-25(23)17(2)11-19/h16-19H,6-15H2,1-5H3/t16-,17-,18+,19?,22+,23+,33?/m1/s1/i3D3. The normalized spacial score (nSPS) is 46.0. The lowest BCUT2D eigenvalue weighted by molar-refractivity contribution is -0.165. The predicted octanol–water partition coefficient (Wildman–Crippen LogP) is 1.98. The van der Waals surface area contributed by atoms with Crippen LogP contribution in [0, 0.1) is 11.8 Å². The molecule has 6 aliphatic heterocycles. The zero-order valence-corrected chi connectivity index (χ0v) is 21.0. The second kappa shape index (κ2) is 9.41. The fourth-order valence-electron chi connectivity index (χ4n) is 6.68. The van der Waals surface area contributed by atoms with Crippen molar-refractivity contribution >= 4 is 19.2 Å². The fourth-order valence-corrected chi connectivity index (χ4v) is 7.65. The first-order chi connectivity index (χ1) is 16.7. The van der Waals surface area contributed by atoms with E-state index in [0.717, 1.165) is 19.4 Å². The van der Waals surface area contributed by atoms with E-state index in [2.05, 4.69) is 11.8 Å². The van der Waals surface area contributed by atoms with Crippen LogP contribution in [0.15, 0.2) is 0 Å². The molecule has 9 atom stereocenters. The SMILES string of the molecule is [2H]C([2H])([2H])OC[C@]1(COP(C)(=O)OC[C@@]2(COC)C(=O)C3CCN2[C@H](C)C3)C(=O)[C@H]2CCN1[C@H](C)C2. The average molecular weight is 490 g/mol. The molecule has 0 aromatic heterocycles. The van der Waals surface area contributed by atoms with Crippen molar-refractivity contribution in [1.29, 1.82) is 0 Å². The first-order valence-electron chi connectivity index (χ1n) is 13.4. The molecular weight excluding hydrogens is 447 g/mol. The molecule has 6 rings (SSSR count). The number of hydrogen-bond acceptors (Lipinski definition) is 9. The molecular formula is C23H39N2O7P. The Morgan fingerprint density at radius 3 is 1.76 bits per heavy atom. The van der Waals surface area contributed by atoms with Gasteiger partial charge in [-0.3, -0.25) is 24.0 Å². The van der Waals surface area contributed by atoms with E-state index in [1.807, 2.05) is 11.8 Å². The van der Waals surface area contributed by atoms with Gasteiger partial charge in [-0.15, -0.1) is 0 Å². The van der Waals surface area contributed by atoms with Crippen LogP contribution < -0.4 is 0 Å². The summed E-state index contributed by atoms with van der Waals surface area (Å²) >= 11 is 0. The third kappa shape index (κ3) is 4.28. The van der Waals surface area contributed by atoms with Crippen LogP contribution in [0.25, 0.3) is 0 Å². The number of ether oxygens (including phenoxy) is 2. The lowest BCUT2D eigenvalue weighted by atomic mass is 9.71. The first kappa shape index (κ1) is 21.6. The summed E-state index contributed by atoms with van der Waals surface area (Å²) in [7, 11) is -4.90. The second-order valence-corrected chi connectivity index (χ2v) is 12.4. The van der Waals surface area contributed by atoms with Gasteiger partial charge in [0, 0.05) is 57.8 Å². The van der Waals surface area contributed by atoms with Gasteiger partial charge in [0.05, 0.1) is 30.5 Å². The van der Waals surface area contributed by atoms with Crippen LogP contribution in [-0.4, -0.2) is 105 Å². The molecule has 0 aromatic carbocycles. The van der Waals surface area contributed by atoms with Gasteiger partial charge in [0.15, 0.2) is 11.6 Å². The molecule has 33 heavy (non-hydrogen) atoms. The minimum absolute atomic E-state index is 0.0251. The van der Waals surface area contributed by atoms with E-state index < -0.39 is 25.7 Å². The second-order valence-electron chi connectivity index (χ2n) is 10.4. The number of Topliss-reactive ketones (excluding diaryl/α,β-unsaturated/α-hetero) is 2. The largest absolute Gasteiger partial charge is 0.382 e. The smallest absolute Gasteiger partial charge is 0.327 e. The number of carbonyl (C=O) groups is 2. The highest BCUT2D eigenvalue weighted by Gasteiger charge is 2.58. The van der Waals surface area contributed by atoms with Crippen molar-refractivity contribution in [3.05, 3.63) is 0 Å². The number of rotatable bonds is 10. The van der Waals surface area contributed by atoms with Crippen LogP contribution >= 0.6 is 7.60 Å². The van der Waals surface area contributed by atoms with Gasteiger partial charge in [-0.1, -0.05) is 0 Å². The molecule has 4 unspecified atom stereocenters. The van der Waals surface area contributed by atoms with Crippen molar-refractivity contribution in [2.75, 3.05) is 60.3 Å². The van der Waals surface area contributed by atoms with Crippen molar-refractivity contribution in [3.63, 3.8) is 0 Å². The Morgan fingerprint density at radius 1 is 0.909 bits per heavy atom. The highest BCUT2D eigenvalue weighted by atomic mass is 31.2. The molecule has 0 aromatic rings. The van der Waals surface area contributed by atoms with Crippen LogP contribution in [0.1, 0.15) is 43.6 Å². The van der Waals surface area contributed by atoms with Gasteiger partial charge in [-0.25, -0.2) is 0 Å². The molecule has 10 heteroatoms. The molecule has 0 aliphatic carbocycles. The molecule has 4 bridgehead atoms. The van der Waals surface area contributed by atoms with Gasteiger partial charge >= 0.3 is 7.60 Å². The molecule has 0 saturated carbocycles. The molecule has 6 aliphatic rings. The summed E-state index contributed by atoms with van der Waals surface area (Å²) in [6.45, 7) is 5.97. The Kier molecular flexibility index (Phi) is 6.16. The molecule has 0 spiro atoms. The molecule has 0 amide bonds. The number of methoxy groups -OCH3 is 2. The summed E-state index contributed by atoms with van der Waals surface area (Å²) in [4.78, 5) is 30.7. The Labute approximate surface area is 201 Å². The molecule has 6 saturated heterocycles. The van der Waals surface area contributed by atoms with E-state index in [9.17, 15) is 14.2 Å². The topological polar surface area (TPSA) is 94.6 Å². The van der Waals surface area contributed by atoms with Crippen LogP contribution in [0.5, 0.6) is 0 Å². The Hall–Kier alpha value is -0.670. The third-order valence-electron chi connectivity index (χ3n) is 8.28. The molecule has 9 nitrogen and oxygen atoms in total. The number of hydrogen-bond donors (Lipinski definition) is 0. The lowest BCUT2D eigenvalue weighted by Gasteiger charge is -2.56. The minimum Gasteiger partial charge on any atom is -0.382 e. The number of nitrogens with zero attached hydrogens (tertiary/aromatic N) is 2. The molecule has 6 fully saturated rings. The third-order valence-corrected chi connectivity index (χ3v) is 9.48. The predicted molar refractivity (Wildman–Crippen MR) is 122 cm³/mol. The van der Waals surface area contributed by atoms with Crippen LogP contribution in [0.2, 0.25) is 0 Å². The zero-order chi connectivity index (χ0) is 26.5. The van der Waals surface area contributed by atoms with Gasteiger partial charge in [0.1, 0.15) is 11.1 Å². The maximum atomic E-state index is 13.5. The lowest BCUT2D eigenvalue weighted by Crippen LogP contribution is -2.72. The van der Waals surface area contributed by atoms with Gasteiger partial charge in [0.25, 0.3) is 0 Å². The molecule has 0 radical (unpaired) electrons. The first-order valence-corrected chi connectivity index (χ1v) is 13.9. The van der Waals surface area contributed by atoms with Crippen molar-refractivity contribution in [2.24, 2.45) is 11.8 Å². The fraction of sp³-hybridized carbons (Fsp3) is 0.913. The number of fused-ring (bicyclic) bond motifs is 6. The van der Waals surface area contributed by atoms with Gasteiger partial charge in [0.2, 0.25) is 0 Å². The summed E-state index contributed by atoms with van der Waals surface area (Å²) in [5.41, 5.74) is -2.39. The molecule has 6 heterocycles. The number of piperidine rings is 6. The highest BCUT2D eigenvalue weighted by Crippen LogP contribution is 2.50. The zero-order valence-electron chi connectivity index (χ0n) is 23.1. The van der Waals surface area contributed by atoms with Crippen molar-refractivity contribution in [1.82, 2.24) is 9.80 Å². The highest BCUT2D eigenvalue weighted by molar-refractivity contribution is 7.52. The maximum absolute atomic E-state index is 13.5. The number of ketones is 2. The van der Waals surface area contributed by atoms with Crippen molar-refractivity contribution in [2.45, 2.75) is 62.7 Å². The van der Waals surface area contributed by atoms with E-state index in [1.54, 1.807) is 0 Å². The van der Waals surface area contributed by atoms with E-state index in [1.165, 1.54) is 13.8 Å². The molecule has 0 N–H and O–H groups in total. The van der Waals surface area contributed by atoms with E-state index in [0.29, 0.717) is 19.4 Å². The van der Waals surface area contributed by atoms with Crippen LogP contribution in [-0.2, 0) is 32.7 Å². The van der Waals surface area contributed by atoms with E-state index in [4.69, 9.17) is 22.6 Å². The van der Waals surface area contributed by atoms with E-state index in [-0.39, 0.29) is 61.9 Å². The van der Waals surface area contributed by atoms with Gasteiger partial charge < -0.3 is 18.5 Å². The van der Waals surface area contributed by atoms with Gasteiger partial charge in [-0.05, 0) is 39.5 Å². The summed E-state index contributed by atoms with van der Waals surface area (Å²) in [5, 5.41) is 0. The van der Waals surface area contributed by atoms with Crippen molar-refractivity contribution in [3.8, 4) is 0 Å². The Bertz CT molecular complexity index is 921. The summed E-state index contributed by atoms with van der Waals surface area (Å²) < 4.78 is 58.1.